The van der Waals surface area contributed by atoms with Crippen LogP contribution in [-0.2, 0) is 9.59 Å². The van der Waals surface area contributed by atoms with Gasteiger partial charge in [-0.3, -0.25) is 9.59 Å². The van der Waals surface area contributed by atoms with Crippen molar-refractivity contribution in [1.82, 2.24) is 0 Å². The van der Waals surface area contributed by atoms with Crippen molar-refractivity contribution in [2.45, 2.75) is 38.5 Å². The molecule has 20 heavy (non-hydrogen) atoms. The first-order valence-electron chi connectivity index (χ1n) is 7.72. The van der Waals surface area contributed by atoms with Gasteiger partial charge in [0.25, 0.3) is 0 Å². The lowest BCUT2D eigenvalue weighted by Crippen LogP contribution is -2.02. The highest BCUT2D eigenvalue weighted by Gasteiger charge is 2.57. The smallest absolute Gasteiger partial charge is 0.307 e. The Morgan fingerprint density at radius 3 is 1.40 bits per heavy atom. The minimum atomic E-state index is -0.666. The average molecular weight is 278 g/mol. The molecule has 0 amide bonds. The Kier molecular flexibility index (Phi) is 3.57. The molecule has 0 radical (unpaired) electrons. The van der Waals surface area contributed by atoms with E-state index in [0.29, 0.717) is 11.8 Å². The van der Waals surface area contributed by atoms with Gasteiger partial charge in [0.2, 0.25) is 0 Å². The second-order valence-corrected chi connectivity index (χ2v) is 6.59. The molecule has 0 unspecified atom stereocenters. The SMILES string of the molecule is O=C(O)[C@@H]1[C@@H]2CC/C=C/CC[C@@H]3[C@H](CC[C@H]21)[C@H]3C(=O)O. The highest BCUT2D eigenvalue weighted by atomic mass is 16.4. The molecule has 2 N–H and O–H groups in total. The maximum absolute atomic E-state index is 11.2. The summed E-state index contributed by atoms with van der Waals surface area (Å²) in [6, 6.07) is 0. The molecule has 0 aromatic heterocycles. The maximum atomic E-state index is 11.2. The summed E-state index contributed by atoms with van der Waals surface area (Å²) in [4.78, 5) is 22.4. The van der Waals surface area contributed by atoms with Crippen LogP contribution in [0.2, 0.25) is 0 Å². The molecule has 2 fully saturated rings. The summed E-state index contributed by atoms with van der Waals surface area (Å²) in [7, 11) is 0. The lowest BCUT2D eigenvalue weighted by Gasteiger charge is -2.01. The van der Waals surface area contributed by atoms with E-state index in [-0.39, 0.29) is 23.7 Å². The van der Waals surface area contributed by atoms with Crippen LogP contribution in [0.25, 0.3) is 0 Å². The van der Waals surface area contributed by atoms with E-state index in [1.165, 1.54) is 0 Å². The van der Waals surface area contributed by atoms with Crippen LogP contribution in [0, 0.1) is 35.5 Å². The number of carboxylic acid groups (broad SMARTS) is 2. The Bertz CT molecular complexity index is 402. The van der Waals surface area contributed by atoms with E-state index in [0.717, 1.165) is 38.5 Å². The van der Waals surface area contributed by atoms with E-state index < -0.39 is 11.9 Å². The third-order valence-electron chi connectivity index (χ3n) is 5.57. The van der Waals surface area contributed by atoms with Gasteiger partial charge in [-0.2, -0.15) is 0 Å². The number of allylic oxidation sites excluding steroid dienone is 2. The molecule has 0 heterocycles. The molecule has 3 rings (SSSR count). The Morgan fingerprint density at radius 2 is 1.05 bits per heavy atom. The number of aliphatic carboxylic acids is 2. The first-order chi connectivity index (χ1) is 9.61. The van der Waals surface area contributed by atoms with Crippen LogP contribution in [0.4, 0.5) is 0 Å². The van der Waals surface area contributed by atoms with Gasteiger partial charge in [0.05, 0.1) is 11.8 Å². The molecule has 110 valence electrons. The molecule has 0 spiro atoms. The molecule has 4 heteroatoms. The summed E-state index contributed by atoms with van der Waals surface area (Å²) < 4.78 is 0. The molecular formula is C16H22O4. The van der Waals surface area contributed by atoms with Gasteiger partial charge in [0.15, 0.2) is 0 Å². The van der Waals surface area contributed by atoms with E-state index in [1.54, 1.807) is 0 Å². The van der Waals surface area contributed by atoms with Crippen molar-refractivity contribution in [3.05, 3.63) is 12.2 Å². The standard InChI is InChI=1S/C16H22O4/c17-15(18)13-9-5-3-1-2-4-6-10-12(8-7-11(9)13)14(10)16(19)20/h1-2,9-14H,3-8H2,(H,17,18)(H,19,20)/b2-1+/t9-,10-,11-,12+,13-,14+/m1/s1. The van der Waals surface area contributed by atoms with Crippen LogP contribution in [-0.4, -0.2) is 22.2 Å². The number of rotatable bonds is 2. The molecule has 0 bridgehead atoms. The van der Waals surface area contributed by atoms with Gasteiger partial charge >= 0.3 is 11.9 Å². The van der Waals surface area contributed by atoms with Gasteiger partial charge in [0, 0.05) is 0 Å². The molecule has 0 aromatic rings. The van der Waals surface area contributed by atoms with E-state index in [2.05, 4.69) is 12.2 Å². The van der Waals surface area contributed by atoms with Gasteiger partial charge in [-0.05, 0) is 62.2 Å². The number of hydrogen-bond acceptors (Lipinski definition) is 2. The van der Waals surface area contributed by atoms with Crippen LogP contribution in [0.5, 0.6) is 0 Å². The van der Waals surface area contributed by atoms with E-state index in [9.17, 15) is 19.8 Å². The number of carboxylic acids is 2. The van der Waals surface area contributed by atoms with Gasteiger partial charge in [-0.1, -0.05) is 12.2 Å². The van der Waals surface area contributed by atoms with Gasteiger partial charge < -0.3 is 10.2 Å². The monoisotopic (exact) mass is 278 g/mol. The summed E-state index contributed by atoms with van der Waals surface area (Å²) in [5.41, 5.74) is 0. The molecule has 2 saturated carbocycles. The van der Waals surface area contributed by atoms with Crippen LogP contribution in [0.3, 0.4) is 0 Å². The molecule has 0 saturated heterocycles. The topological polar surface area (TPSA) is 74.6 Å². The summed E-state index contributed by atoms with van der Waals surface area (Å²) >= 11 is 0. The molecule has 0 aromatic carbocycles. The molecule has 0 aliphatic heterocycles. The quantitative estimate of drug-likeness (QED) is 0.762. The number of fused-ring (bicyclic) bond motifs is 2. The third-order valence-corrected chi connectivity index (χ3v) is 5.57. The van der Waals surface area contributed by atoms with Crippen molar-refractivity contribution < 1.29 is 19.8 Å². The fraction of sp³-hybridized carbons (Fsp3) is 0.750. The summed E-state index contributed by atoms with van der Waals surface area (Å²) in [6.07, 6.45) is 9.94. The summed E-state index contributed by atoms with van der Waals surface area (Å²) in [5.74, 6) is -0.475. The van der Waals surface area contributed by atoms with Gasteiger partial charge in [-0.25, -0.2) is 0 Å². The highest BCUT2D eigenvalue weighted by Crippen LogP contribution is 2.57. The fourth-order valence-electron chi connectivity index (χ4n) is 4.40. The largest absolute Gasteiger partial charge is 0.481 e. The third kappa shape index (κ3) is 2.48. The zero-order valence-corrected chi connectivity index (χ0v) is 11.6. The van der Waals surface area contributed by atoms with E-state index >= 15 is 0 Å². The molecule has 3 aliphatic rings. The molecular weight excluding hydrogens is 256 g/mol. The predicted molar refractivity (Wildman–Crippen MR) is 73.1 cm³/mol. The molecule has 6 atom stereocenters. The first-order valence-corrected chi connectivity index (χ1v) is 7.72. The van der Waals surface area contributed by atoms with E-state index in [4.69, 9.17) is 0 Å². The Balaban J connectivity index is 1.65. The van der Waals surface area contributed by atoms with Crippen LogP contribution < -0.4 is 0 Å². The van der Waals surface area contributed by atoms with Crippen LogP contribution in [0.1, 0.15) is 38.5 Å². The minimum Gasteiger partial charge on any atom is -0.481 e. The van der Waals surface area contributed by atoms with Crippen LogP contribution in [0.15, 0.2) is 12.2 Å². The predicted octanol–water partition coefficient (Wildman–Crippen LogP) is 2.79. The van der Waals surface area contributed by atoms with Crippen molar-refractivity contribution in [2.75, 3.05) is 0 Å². The van der Waals surface area contributed by atoms with E-state index in [1.807, 2.05) is 0 Å². The normalized spacial score (nSPS) is 45.0. The summed E-state index contributed by atoms with van der Waals surface area (Å²) in [5, 5.41) is 18.4. The molecule has 4 nitrogen and oxygen atoms in total. The van der Waals surface area contributed by atoms with Crippen molar-refractivity contribution in [1.29, 1.82) is 0 Å². The number of hydrogen-bond donors (Lipinski definition) is 2. The second kappa shape index (κ2) is 5.23. The molecule has 3 aliphatic carbocycles. The lowest BCUT2D eigenvalue weighted by molar-refractivity contribution is -0.140. The van der Waals surface area contributed by atoms with Crippen molar-refractivity contribution in [3.8, 4) is 0 Å². The Hall–Kier alpha value is -1.32. The Labute approximate surface area is 118 Å². The highest BCUT2D eigenvalue weighted by molar-refractivity contribution is 5.75. The Morgan fingerprint density at radius 1 is 0.700 bits per heavy atom. The second-order valence-electron chi connectivity index (χ2n) is 6.59. The average Bonchev–Trinajstić information content (AvgIpc) is 3.22. The van der Waals surface area contributed by atoms with Gasteiger partial charge in [-0.15, -0.1) is 0 Å². The fourth-order valence-corrected chi connectivity index (χ4v) is 4.40. The zero-order valence-electron chi connectivity index (χ0n) is 11.6. The summed E-state index contributed by atoms with van der Waals surface area (Å²) in [6.45, 7) is 0. The van der Waals surface area contributed by atoms with Crippen molar-refractivity contribution in [3.63, 3.8) is 0 Å². The van der Waals surface area contributed by atoms with Gasteiger partial charge in [0.1, 0.15) is 0 Å². The lowest BCUT2D eigenvalue weighted by atomic mass is 10.0. The number of carbonyl (C=O) groups is 2. The first kappa shape index (κ1) is 13.7. The minimum absolute atomic E-state index is 0.176. The van der Waals surface area contributed by atoms with Crippen molar-refractivity contribution >= 4 is 11.9 Å². The van der Waals surface area contributed by atoms with Crippen LogP contribution >= 0.6 is 0 Å². The zero-order chi connectivity index (χ0) is 14.3. The maximum Gasteiger partial charge on any atom is 0.307 e. The van der Waals surface area contributed by atoms with Crippen molar-refractivity contribution in [2.24, 2.45) is 35.5 Å².